The van der Waals surface area contributed by atoms with Crippen LogP contribution in [-0.2, 0) is 16.1 Å². The third-order valence-corrected chi connectivity index (χ3v) is 7.54. The fourth-order valence-corrected chi connectivity index (χ4v) is 5.68. The van der Waals surface area contributed by atoms with Crippen LogP contribution in [0.25, 0.3) is 0 Å². The molecule has 1 N–H and O–H groups in total. The number of amides is 1. The number of carbonyl (C=O) groups is 2. The van der Waals surface area contributed by atoms with E-state index >= 15 is 0 Å². The van der Waals surface area contributed by atoms with Crippen molar-refractivity contribution in [3.63, 3.8) is 0 Å². The lowest BCUT2D eigenvalue weighted by Crippen LogP contribution is -2.61. The Kier molecular flexibility index (Phi) is 7.55. The zero-order valence-corrected chi connectivity index (χ0v) is 19.4. The van der Waals surface area contributed by atoms with Gasteiger partial charge in [0.25, 0.3) is 5.91 Å². The summed E-state index contributed by atoms with van der Waals surface area (Å²) >= 11 is 7.78. The number of thiophene rings is 1. The quantitative estimate of drug-likeness (QED) is 0.454. The molecule has 1 aliphatic rings. The molecule has 5 nitrogen and oxygen atoms in total. The summed E-state index contributed by atoms with van der Waals surface area (Å²) in [4.78, 5) is 26.1. The zero-order valence-electron chi connectivity index (χ0n) is 17.9. The number of aryl methyl sites for hydroxylation is 1. The predicted octanol–water partition coefficient (Wildman–Crippen LogP) is 5.41. The summed E-state index contributed by atoms with van der Waals surface area (Å²) in [5.74, 6) is -0.465. The maximum Gasteiger partial charge on any atom is 0.350 e. The van der Waals surface area contributed by atoms with E-state index in [2.05, 4.69) is 18.3 Å². The summed E-state index contributed by atoms with van der Waals surface area (Å²) in [6.07, 6.45) is 4.10. The number of nitrogens with one attached hydrogen (secondary N) is 1. The molecule has 3 rings (SSSR count). The molecule has 0 aliphatic carbocycles. The van der Waals surface area contributed by atoms with E-state index < -0.39 is 5.97 Å². The minimum absolute atomic E-state index is 0.0434. The molecular formula is C23H30ClN2O3S+. The van der Waals surface area contributed by atoms with Crippen LogP contribution >= 0.6 is 22.9 Å². The molecule has 30 heavy (non-hydrogen) atoms. The third kappa shape index (κ3) is 4.71. The number of rotatable bonds is 7. The molecule has 0 bridgehead atoms. The van der Waals surface area contributed by atoms with Gasteiger partial charge in [-0.2, -0.15) is 0 Å². The van der Waals surface area contributed by atoms with Gasteiger partial charge in [0.1, 0.15) is 11.4 Å². The number of benzene rings is 1. The first-order chi connectivity index (χ1) is 14.4. The van der Waals surface area contributed by atoms with E-state index in [1.54, 1.807) is 0 Å². The van der Waals surface area contributed by atoms with Gasteiger partial charge in [0.15, 0.2) is 6.04 Å². The molecule has 7 heteroatoms. The summed E-state index contributed by atoms with van der Waals surface area (Å²) in [6, 6.07) is 7.69. The normalized spacial score (nSPS) is 16.7. The van der Waals surface area contributed by atoms with Gasteiger partial charge in [0, 0.05) is 17.0 Å². The first-order valence-electron chi connectivity index (χ1n) is 10.5. The van der Waals surface area contributed by atoms with Crippen molar-refractivity contribution in [1.29, 1.82) is 0 Å². The van der Waals surface area contributed by atoms with Gasteiger partial charge in [0.2, 0.25) is 0 Å². The summed E-state index contributed by atoms with van der Waals surface area (Å²) in [5.41, 5.74) is 2.53. The number of piperidine rings is 1. The highest BCUT2D eigenvalue weighted by Crippen LogP contribution is 2.33. The highest BCUT2D eigenvalue weighted by molar-refractivity contribution is 7.12. The second-order valence-electron chi connectivity index (χ2n) is 8.00. The van der Waals surface area contributed by atoms with Gasteiger partial charge < -0.3 is 14.5 Å². The maximum absolute atomic E-state index is 13.5. The van der Waals surface area contributed by atoms with Crippen molar-refractivity contribution in [3.8, 4) is 0 Å². The van der Waals surface area contributed by atoms with Gasteiger partial charge in [-0.1, -0.05) is 36.7 Å². The van der Waals surface area contributed by atoms with Crippen molar-refractivity contribution in [2.45, 2.75) is 52.1 Å². The number of hydrogen-bond donors (Lipinski definition) is 1. The average molecular weight is 450 g/mol. The van der Waals surface area contributed by atoms with Gasteiger partial charge in [-0.15, -0.1) is 11.3 Å². The fourth-order valence-electron chi connectivity index (χ4n) is 4.56. The number of halogens is 1. The molecule has 2 aromatic rings. The second kappa shape index (κ2) is 9.94. The summed E-state index contributed by atoms with van der Waals surface area (Å²) in [5, 5.41) is 5.69. The van der Waals surface area contributed by atoms with E-state index in [9.17, 15) is 9.59 Å². The topological polar surface area (TPSA) is 55.4 Å². The van der Waals surface area contributed by atoms with Gasteiger partial charge in [-0.25, -0.2) is 4.79 Å². The molecule has 0 spiro atoms. The molecule has 1 aliphatic heterocycles. The lowest BCUT2D eigenvalue weighted by atomic mass is 9.98. The summed E-state index contributed by atoms with van der Waals surface area (Å²) < 4.78 is 5.59. The Morgan fingerprint density at radius 1 is 1.23 bits per heavy atom. The van der Waals surface area contributed by atoms with Crippen LogP contribution in [0.1, 0.15) is 53.4 Å². The fraction of sp³-hybridized carbons (Fsp3) is 0.478. The minimum atomic E-state index is -0.422. The Labute approximate surface area is 187 Å². The molecule has 0 saturated carbocycles. The van der Waals surface area contributed by atoms with Crippen LogP contribution in [0.15, 0.2) is 29.6 Å². The number of carbonyl (C=O) groups excluding carboxylic acids is 2. The van der Waals surface area contributed by atoms with E-state index in [1.807, 2.05) is 30.5 Å². The van der Waals surface area contributed by atoms with Gasteiger partial charge in [0.05, 0.1) is 25.9 Å². The number of ether oxygens (including phenoxy) is 1. The van der Waals surface area contributed by atoms with E-state index in [0.29, 0.717) is 21.5 Å². The molecule has 0 radical (unpaired) electrons. The lowest BCUT2D eigenvalue weighted by molar-refractivity contribution is -0.959. The highest BCUT2D eigenvalue weighted by Gasteiger charge is 2.42. The van der Waals surface area contributed by atoms with Crippen molar-refractivity contribution in [2.75, 3.05) is 25.5 Å². The van der Waals surface area contributed by atoms with E-state index in [-0.39, 0.29) is 11.9 Å². The van der Waals surface area contributed by atoms with Crippen molar-refractivity contribution in [2.24, 2.45) is 0 Å². The number of anilines is 1. The van der Waals surface area contributed by atoms with Gasteiger partial charge in [-0.3, -0.25) is 4.79 Å². The first-order valence-corrected chi connectivity index (χ1v) is 11.7. The summed E-state index contributed by atoms with van der Waals surface area (Å²) in [6.45, 7) is 6.59. The molecule has 1 atom stereocenters. The first kappa shape index (κ1) is 22.8. The number of methoxy groups -OCH3 is 1. The van der Waals surface area contributed by atoms with E-state index in [1.165, 1.54) is 24.9 Å². The Hall–Kier alpha value is -1.89. The smallest absolute Gasteiger partial charge is 0.350 e. The monoisotopic (exact) mass is 449 g/mol. The van der Waals surface area contributed by atoms with Gasteiger partial charge >= 0.3 is 5.97 Å². The average Bonchev–Trinajstić information content (AvgIpc) is 3.10. The molecule has 1 aromatic carbocycles. The number of hydrogen-bond acceptors (Lipinski definition) is 4. The minimum Gasteiger partial charge on any atom is -0.465 e. The standard InChI is InChI=1S/C23H29ClN2O3S/c1-4-19(22(27)25-20-16(2)15-30-21(20)23(28)29-3)26(12-8-5-9-13-26)14-17-10-6-7-11-18(17)24/h6-7,10-11,15,19H,4-5,8-9,12-14H2,1-3H3/p+1. The van der Waals surface area contributed by atoms with Gasteiger partial charge in [-0.05, 0) is 43.2 Å². The lowest BCUT2D eigenvalue weighted by Gasteiger charge is -2.46. The molecule has 1 fully saturated rings. The second-order valence-corrected chi connectivity index (χ2v) is 9.29. The third-order valence-electron chi connectivity index (χ3n) is 6.09. The van der Waals surface area contributed by atoms with Crippen LogP contribution in [0.3, 0.4) is 0 Å². The van der Waals surface area contributed by atoms with E-state index in [0.717, 1.165) is 48.6 Å². The molecule has 1 aromatic heterocycles. The van der Waals surface area contributed by atoms with Crippen LogP contribution in [-0.4, -0.2) is 42.6 Å². The van der Waals surface area contributed by atoms with Crippen LogP contribution in [0.2, 0.25) is 5.02 Å². The largest absolute Gasteiger partial charge is 0.465 e. The van der Waals surface area contributed by atoms with Crippen LogP contribution in [0.4, 0.5) is 5.69 Å². The van der Waals surface area contributed by atoms with Crippen molar-refractivity contribution in [1.82, 2.24) is 0 Å². The molecular weight excluding hydrogens is 420 g/mol. The van der Waals surface area contributed by atoms with E-state index in [4.69, 9.17) is 16.3 Å². The summed E-state index contributed by atoms with van der Waals surface area (Å²) in [7, 11) is 1.36. The zero-order chi connectivity index (χ0) is 21.7. The van der Waals surface area contributed by atoms with Crippen LogP contribution in [0.5, 0.6) is 0 Å². The number of likely N-dealkylation sites (tertiary alicyclic amines) is 1. The SMILES string of the molecule is CCC(C(=O)Nc1c(C)csc1C(=O)OC)[N+]1(Cc2ccccc2Cl)CCCCC1. The Morgan fingerprint density at radius 3 is 2.57 bits per heavy atom. The molecule has 2 heterocycles. The Bertz CT molecular complexity index is 906. The van der Waals surface area contributed by atoms with Crippen LogP contribution < -0.4 is 5.32 Å². The molecule has 1 saturated heterocycles. The molecule has 1 unspecified atom stereocenters. The molecule has 162 valence electrons. The Balaban J connectivity index is 1.91. The predicted molar refractivity (Wildman–Crippen MR) is 122 cm³/mol. The van der Waals surface area contributed by atoms with Crippen molar-refractivity contribution in [3.05, 3.63) is 50.7 Å². The highest BCUT2D eigenvalue weighted by atomic mass is 35.5. The number of esters is 1. The number of quaternary nitrogens is 1. The Morgan fingerprint density at radius 2 is 1.93 bits per heavy atom. The van der Waals surface area contributed by atoms with Crippen molar-refractivity contribution < 1.29 is 18.8 Å². The maximum atomic E-state index is 13.5. The van der Waals surface area contributed by atoms with Crippen LogP contribution in [0, 0.1) is 6.92 Å². The number of nitrogens with zero attached hydrogens (tertiary/aromatic N) is 1. The molecule has 1 amide bonds. The van der Waals surface area contributed by atoms with Crippen molar-refractivity contribution >= 4 is 40.5 Å².